The molecule has 0 heterocycles. The Balaban J connectivity index is 0.969. The van der Waals surface area contributed by atoms with E-state index >= 15 is 0 Å². The molecule has 0 N–H and O–H groups in total. The molecule has 5 rings (SSSR count). The summed E-state index contributed by atoms with van der Waals surface area (Å²) in [6.07, 6.45) is 13.2. The molecule has 2 nitrogen and oxygen atoms in total. The van der Waals surface area contributed by atoms with Gasteiger partial charge in [-0.15, -0.1) is 0 Å². The van der Waals surface area contributed by atoms with E-state index in [2.05, 4.69) is 4.74 Å². The maximum Gasteiger partial charge on any atom is 0.305 e. The minimum Gasteiger partial charge on any atom is -0.469 e. The lowest BCUT2D eigenvalue weighted by Crippen LogP contribution is -2.80. The van der Waals surface area contributed by atoms with Crippen LogP contribution in [-0.4, -0.2) is 13.1 Å². The minimum absolute atomic E-state index is 0.0476. The smallest absolute Gasteiger partial charge is 0.305 e. The van der Waals surface area contributed by atoms with Gasteiger partial charge in [0.05, 0.1) is 7.11 Å². The lowest BCUT2D eigenvalue weighted by Gasteiger charge is -2.85. The fourth-order valence-corrected chi connectivity index (χ4v) is 7.77. The zero-order valence-corrected chi connectivity index (χ0v) is 14.6. The van der Waals surface area contributed by atoms with Crippen molar-refractivity contribution in [3.8, 4) is 0 Å². The second-order valence-electron chi connectivity index (χ2n) is 9.33. The number of carbonyl (C=O) groups is 1. The van der Waals surface area contributed by atoms with Crippen LogP contribution in [0.15, 0.2) is 0 Å². The zero-order chi connectivity index (χ0) is 15.6. The van der Waals surface area contributed by atoms with E-state index in [-0.39, 0.29) is 5.97 Å². The van der Waals surface area contributed by atoms with E-state index < -0.39 is 0 Å². The van der Waals surface area contributed by atoms with Crippen LogP contribution in [0.4, 0.5) is 0 Å². The summed E-state index contributed by atoms with van der Waals surface area (Å²) < 4.78 is 4.68. The number of hydrogen-bond acceptors (Lipinski definition) is 2. The first kappa shape index (κ1) is 14.8. The monoisotopic (exact) mass is 316 g/mol. The summed E-state index contributed by atoms with van der Waals surface area (Å²) in [4.78, 5) is 11.1. The molecular weight excluding hydrogens is 284 g/mol. The molecule has 0 aromatic rings. The van der Waals surface area contributed by atoms with Gasteiger partial charge in [-0.1, -0.05) is 32.1 Å². The van der Waals surface area contributed by atoms with E-state index in [1.54, 1.807) is 19.3 Å². The number of rotatable bonds is 8. The highest BCUT2D eigenvalue weighted by Gasteiger charge is 2.79. The van der Waals surface area contributed by atoms with Crippen molar-refractivity contribution in [2.24, 2.45) is 53.3 Å². The number of fused-ring (bicyclic) bond motifs is 10. The molecule has 0 spiro atoms. The molecule has 0 bridgehead atoms. The van der Waals surface area contributed by atoms with Gasteiger partial charge in [0, 0.05) is 6.42 Å². The lowest BCUT2D eigenvalue weighted by molar-refractivity contribution is -0.375. The van der Waals surface area contributed by atoms with Crippen molar-refractivity contribution in [2.45, 2.75) is 64.2 Å². The van der Waals surface area contributed by atoms with Crippen molar-refractivity contribution >= 4 is 5.97 Å². The quantitative estimate of drug-likeness (QED) is 0.369. The van der Waals surface area contributed by atoms with E-state index in [4.69, 9.17) is 0 Å². The first-order valence-corrected chi connectivity index (χ1v) is 10.4. The molecule has 23 heavy (non-hydrogen) atoms. The van der Waals surface area contributed by atoms with Gasteiger partial charge in [0.25, 0.3) is 0 Å². The molecule has 0 radical (unpaired) electrons. The Bertz CT molecular complexity index is 480. The lowest BCUT2D eigenvalue weighted by atomic mass is 9.20. The van der Waals surface area contributed by atoms with Gasteiger partial charge >= 0.3 is 5.97 Å². The van der Waals surface area contributed by atoms with Crippen LogP contribution in [0.2, 0.25) is 0 Å². The Morgan fingerprint density at radius 2 is 1.48 bits per heavy atom. The maximum atomic E-state index is 11.1. The molecule has 0 amide bonds. The number of ether oxygens (including phenoxy) is 1. The summed E-state index contributed by atoms with van der Waals surface area (Å²) in [5.74, 6) is 10.7. The fraction of sp³-hybridized carbons (Fsp3) is 0.952. The number of unbranched alkanes of at least 4 members (excludes halogenated alkanes) is 4. The van der Waals surface area contributed by atoms with Gasteiger partial charge in [0.15, 0.2) is 0 Å². The van der Waals surface area contributed by atoms with Crippen molar-refractivity contribution in [3.05, 3.63) is 0 Å². The number of methoxy groups -OCH3 is 1. The first-order valence-electron chi connectivity index (χ1n) is 10.4. The molecule has 5 saturated carbocycles. The Morgan fingerprint density at radius 3 is 2.22 bits per heavy atom. The second kappa shape index (κ2) is 5.49. The Labute approximate surface area is 140 Å². The van der Waals surface area contributed by atoms with E-state index in [1.165, 1.54) is 86.6 Å². The third-order valence-electron chi connectivity index (χ3n) is 8.89. The molecule has 0 aliphatic heterocycles. The van der Waals surface area contributed by atoms with Crippen LogP contribution >= 0.6 is 0 Å². The predicted octanol–water partition coefficient (Wildman–Crippen LogP) is 4.67. The highest BCUT2D eigenvalue weighted by Crippen LogP contribution is 2.84. The summed E-state index contributed by atoms with van der Waals surface area (Å²) in [6, 6.07) is 0. The Kier molecular flexibility index (Phi) is 3.53. The number of carbonyl (C=O) groups excluding carboxylic acids is 1. The maximum absolute atomic E-state index is 11.1. The third-order valence-corrected chi connectivity index (χ3v) is 8.89. The van der Waals surface area contributed by atoms with Gasteiger partial charge in [0.2, 0.25) is 0 Å². The van der Waals surface area contributed by atoms with Crippen LogP contribution in [0.3, 0.4) is 0 Å². The van der Waals surface area contributed by atoms with Crippen LogP contribution in [0, 0.1) is 53.3 Å². The molecule has 128 valence electrons. The van der Waals surface area contributed by atoms with Crippen LogP contribution in [-0.2, 0) is 9.53 Å². The van der Waals surface area contributed by atoms with Crippen molar-refractivity contribution in [3.63, 3.8) is 0 Å². The van der Waals surface area contributed by atoms with Crippen LogP contribution in [0.5, 0.6) is 0 Å². The average molecular weight is 316 g/mol. The largest absolute Gasteiger partial charge is 0.469 e. The van der Waals surface area contributed by atoms with Gasteiger partial charge < -0.3 is 4.74 Å². The number of hydrogen-bond donors (Lipinski definition) is 0. The molecule has 9 atom stereocenters. The van der Waals surface area contributed by atoms with Crippen molar-refractivity contribution in [1.82, 2.24) is 0 Å². The minimum atomic E-state index is -0.0476. The highest BCUT2D eigenvalue weighted by molar-refractivity contribution is 5.68. The molecule has 5 fully saturated rings. The SMILES string of the molecule is COC(=O)CCCCCCCC1CC2C1C1C3C4CCC4C3C21. The van der Waals surface area contributed by atoms with Crippen LogP contribution < -0.4 is 0 Å². The molecule has 0 saturated heterocycles. The van der Waals surface area contributed by atoms with Crippen molar-refractivity contribution < 1.29 is 9.53 Å². The Hall–Kier alpha value is -0.530. The van der Waals surface area contributed by atoms with Gasteiger partial charge in [-0.2, -0.15) is 0 Å². The summed E-state index contributed by atoms with van der Waals surface area (Å²) in [7, 11) is 1.48. The molecular formula is C21H32O2. The van der Waals surface area contributed by atoms with Gasteiger partial charge in [0.1, 0.15) is 0 Å². The zero-order valence-electron chi connectivity index (χ0n) is 14.6. The summed E-state index contributed by atoms with van der Waals surface area (Å²) >= 11 is 0. The summed E-state index contributed by atoms with van der Waals surface area (Å²) in [5, 5.41) is 0. The third kappa shape index (κ3) is 1.96. The number of esters is 1. The summed E-state index contributed by atoms with van der Waals surface area (Å²) in [5.41, 5.74) is 0. The molecule has 9 unspecified atom stereocenters. The molecule has 0 aromatic heterocycles. The van der Waals surface area contributed by atoms with Crippen LogP contribution in [0.1, 0.15) is 64.2 Å². The predicted molar refractivity (Wildman–Crippen MR) is 89.6 cm³/mol. The average Bonchev–Trinajstić information content (AvgIpc) is 2.51. The summed E-state index contributed by atoms with van der Waals surface area (Å²) in [6.45, 7) is 0. The first-order chi connectivity index (χ1) is 11.3. The molecule has 5 aliphatic carbocycles. The van der Waals surface area contributed by atoms with Crippen molar-refractivity contribution in [1.29, 1.82) is 0 Å². The molecule has 2 heteroatoms. The highest BCUT2D eigenvalue weighted by atomic mass is 16.5. The van der Waals surface area contributed by atoms with E-state index in [0.717, 1.165) is 12.3 Å². The van der Waals surface area contributed by atoms with E-state index in [9.17, 15) is 4.79 Å². The standard InChI is InChI=1S/C21H32O2/c1-23-16(22)8-6-4-2-3-5-7-12-11-15-17(12)21-19-14-10-9-13(14)18(19)20(15)21/h12-15,17-21H,2-11H2,1H3. The van der Waals surface area contributed by atoms with Crippen LogP contribution in [0.25, 0.3) is 0 Å². The van der Waals surface area contributed by atoms with Crippen molar-refractivity contribution in [2.75, 3.05) is 7.11 Å². The molecule has 5 aliphatic rings. The van der Waals surface area contributed by atoms with E-state index in [0.29, 0.717) is 6.42 Å². The topological polar surface area (TPSA) is 26.3 Å². The second-order valence-corrected chi connectivity index (χ2v) is 9.33. The van der Waals surface area contributed by atoms with Gasteiger partial charge in [-0.25, -0.2) is 0 Å². The Morgan fingerprint density at radius 1 is 0.826 bits per heavy atom. The van der Waals surface area contributed by atoms with Gasteiger partial charge in [-0.05, 0) is 78.9 Å². The fourth-order valence-electron chi connectivity index (χ4n) is 7.77. The van der Waals surface area contributed by atoms with E-state index in [1.807, 2.05) is 0 Å². The van der Waals surface area contributed by atoms with Gasteiger partial charge in [-0.3, -0.25) is 4.79 Å². The molecule has 0 aromatic carbocycles. The normalized spacial score (nSPS) is 50.4.